The molecule has 2 nitrogen and oxygen atoms in total. The number of ether oxygens (including phenoxy) is 1. The van der Waals surface area contributed by atoms with Crippen molar-refractivity contribution in [3.8, 4) is 11.5 Å². The average Bonchev–Trinajstić information content (AvgIpc) is 2.54. The fourth-order valence-electron chi connectivity index (χ4n) is 2.79. The van der Waals surface area contributed by atoms with Crippen molar-refractivity contribution >= 4 is 24.5 Å². The van der Waals surface area contributed by atoms with Gasteiger partial charge >= 0.3 is 169 Å². The van der Waals surface area contributed by atoms with Crippen molar-refractivity contribution in [1.29, 1.82) is 0 Å². The van der Waals surface area contributed by atoms with Gasteiger partial charge < -0.3 is 0 Å². The van der Waals surface area contributed by atoms with Crippen LogP contribution in [0.25, 0.3) is 0 Å². The molecule has 0 radical (unpaired) electrons. The van der Waals surface area contributed by atoms with E-state index in [1.807, 2.05) is 30.3 Å². The van der Waals surface area contributed by atoms with Crippen LogP contribution in [-0.4, -0.2) is 32.6 Å². The molecular formula is C23H32O2Te. The van der Waals surface area contributed by atoms with Gasteiger partial charge in [0, 0.05) is 0 Å². The Hall–Kier alpha value is -1.17. The molecule has 0 aliphatic rings. The molecule has 2 rings (SSSR count). The Morgan fingerprint density at radius 1 is 0.885 bits per heavy atom. The van der Waals surface area contributed by atoms with Crippen molar-refractivity contribution < 1.29 is 9.84 Å². The molecule has 0 heterocycles. The van der Waals surface area contributed by atoms with Gasteiger partial charge in [0.1, 0.15) is 0 Å². The van der Waals surface area contributed by atoms with E-state index in [4.69, 9.17) is 4.74 Å². The molecule has 2 aromatic carbocycles. The van der Waals surface area contributed by atoms with Crippen LogP contribution in [0, 0.1) is 0 Å². The van der Waals surface area contributed by atoms with Crippen molar-refractivity contribution in [2.45, 2.75) is 63.3 Å². The number of aromatic hydroxyl groups is 1. The number of hydrogen-bond donors (Lipinski definition) is 1. The van der Waals surface area contributed by atoms with Crippen LogP contribution in [0.4, 0.5) is 0 Å². The first-order valence-electron chi connectivity index (χ1n) is 9.27. The van der Waals surface area contributed by atoms with Gasteiger partial charge in [-0.15, -0.1) is 0 Å². The van der Waals surface area contributed by atoms with Crippen molar-refractivity contribution in [3.05, 3.63) is 53.6 Å². The van der Waals surface area contributed by atoms with Crippen LogP contribution >= 0.6 is 0 Å². The van der Waals surface area contributed by atoms with E-state index >= 15 is 0 Å². The molecule has 0 saturated heterocycles. The average molecular weight is 468 g/mol. The van der Waals surface area contributed by atoms with Crippen LogP contribution in [0.3, 0.4) is 0 Å². The van der Waals surface area contributed by atoms with Gasteiger partial charge in [0.05, 0.1) is 0 Å². The summed E-state index contributed by atoms with van der Waals surface area (Å²) in [7, 11) is 0. The van der Waals surface area contributed by atoms with Crippen LogP contribution in [0.2, 0.25) is 4.47 Å². The maximum absolute atomic E-state index is 10.8. The third kappa shape index (κ3) is 5.93. The monoisotopic (exact) mass is 470 g/mol. The summed E-state index contributed by atoms with van der Waals surface area (Å²) < 4.78 is 8.44. The number of rotatable bonds is 6. The summed E-state index contributed by atoms with van der Waals surface area (Å²) in [5.74, 6) is 1.43. The number of benzene rings is 2. The molecule has 0 aliphatic carbocycles. The van der Waals surface area contributed by atoms with Crippen LogP contribution in [-0.2, 0) is 10.8 Å². The molecule has 142 valence electrons. The van der Waals surface area contributed by atoms with Gasteiger partial charge in [-0.05, 0) is 0 Å². The SMILES string of the molecule is CC(C)(C)c1cc([Te]CCCOc2ccccc2)cc(C(C)(C)C)c1O. The molecule has 0 amide bonds. The molecule has 26 heavy (non-hydrogen) atoms. The summed E-state index contributed by atoms with van der Waals surface area (Å²) in [6, 6.07) is 14.5. The minimum absolute atomic E-state index is 0.0521. The van der Waals surface area contributed by atoms with Crippen LogP contribution in [0.15, 0.2) is 42.5 Å². The molecule has 0 spiro atoms. The zero-order valence-corrected chi connectivity index (χ0v) is 19.3. The van der Waals surface area contributed by atoms with Crippen LogP contribution < -0.4 is 8.35 Å². The fourth-order valence-corrected chi connectivity index (χ4v) is 5.36. The van der Waals surface area contributed by atoms with Gasteiger partial charge in [-0.25, -0.2) is 0 Å². The van der Waals surface area contributed by atoms with E-state index in [9.17, 15) is 5.11 Å². The molecule has 0 atom stereocenters. The number of phenols is 1. The number of phenolic OH excluding ortho intramolecular Hbond substituents is 1. The Morgan fingerprint density at radius 3 is 1.92 bits per heavy atom. The van der Waals surface area contributed by atoms with E-state index in [1.54, 1.807) is 0 Å². The first-order valence-corrected chi connectivity index (χ1v) is 12.1. The third-order valence-corrected chi connectivity index (χ3v) is 7.30. The standard InChI is InChI=1S/C23H32O2Te/c1-22(2,3)19-15-18(16-20(21(19)24)23(4,5)6)26-14-10-13-25-17-11-8-7-9-12-17/h7-9,11-12,15-16,24H,10,13-14H2,1-6H3. The number of para-hydroxylation sites is 1. The molecule has 0 aromatic heterocycles. The molecule has 3 heteroatoms. The van der Waals surface area contributed by atoms with E-state index in [0.29, 0.717) is 5.75 Å². The quantitative estimate of drug-likeness (QED) is 0.467. The van der Waals surface area contributed by atoms with Crippen molar-refractivity contribution in [2.75, 3.05) is 6.61 Å². The second-order valence-corrected chi connectivity index (χ2v) is 12.1. The molecule has 0 bridgehead atoms. The molecule has 0 aliphatic heterocycles. The molecule has 0 saturated carbocycles. The van der Waals surface area contributed by atoms with Gasteiger partial charge in [-0.3, -0.25) is 0 Å². The molecule has 0 fully saturated rings. The summed E-state index contributed by atoms with van der Waals surface area (Å²) in [5, 5.41) is 10.8. The van der Waals surface area contributed by atoms with Gasteiger partial charge in [-0.2, -0.15) is 0 Å². The zero-order valence-electron chi connectivity index (χ0n) is 16.9. The first-order chi connectivity index (χ1) is 12.1. The van der Waals surface area contributed by atoms with Gasteiger partial charge in [0.25, 0.3) is 0 Å². The van der Waals surface area contributed by atoms with Crippen LogP contribution in [0.5, 0.6) is 11.5 Å². The summed E-state index contributed by atoms with van der Waals surface area (Å²) in [4.78, 5) is 0. The summed E-state index contributed by atoms with van der Waals surface area (Å²) in [6.45, 7) is 13.8. The first kappa shape index (κ1) is 21.1. The van der Waals surface area contributed by atoms with Crippen molar-refractivity contribution in [1.82, 2.24) is 0 Å². The Morgan fingerprint density at radius 2 is 1.42 bits per heavy atom. The number of hydrogen-bond acceptors (Lipinski definition) is 2. The van der Waals surface area contributed by atoms with E-state index < -0.39 is 0 Å². The molecule has 2 aromatic rings. The molecule has 0 unspecified atom stereocenters. The predicted octanol–water partition coefficient (Wildman–Crippen LogP) is 5.20. The van der Waals surface area contributed by atoms with Gasteiger partial charge in [-0.1, -0.05) is 0 Å². The molecule has 1 N–H and O–H groups in total. The van der Waals surface area contributed by atoms with E-state index in [-0.39, 0.29) is 31.8 Å². The molecular weight excluding hydrogens is 436 g/mol. The van der Waals surface area contributed by atoms with Crippen molar-refractivity contribution in [3.63, 3.8) is 0 Å². The second kappa shape index (κ2) is 8.68. The van der Waals surface area contributed by atoms with E-state index in [2.05, 4.69) is 53.7 Å². The van der Waals surface area contributed by atoms with E-state index in [0.717, 1.165) is 29.9 Å². The Kier molecular flexibility index (Phi) is 7.05. The zero-order chi connectivity index (χ0) is 19.4. The van der Waals surface area contributed by atoms with Gasteiger partial charge in [0.2, 0.25) is 0 Å². The maximum atomic E-state index is 10.8. The van der Waals surface area contributed by atoms with Gasteiger partial charge in [0.15, 0.2) is 0 Å². The summed E-state index contributed by atoms with van der Waals surface area (Å²) in [5.41, 5.74) is 2.04. The Balaban J connectivity index is 2.04. The topological polar surface area (TPSA) is 29.5 Å². The Labute approximate surface area is 169 Å². The third-order valence-electron chi connectivity index (χ3n) is 4.27. The minimum atomic E-state index is -0.289. The second-order valence-electron chi connectivity index (χ2n) is 8.73. The predicted molar refractivity (Wildman–Crippen MR) is 112 cm³/mol. The normalized spacial score (nSPS) is 12.2. The van der Waals surface area contributed by atoms with Crippen LogP contribution in [0.1, 0.15) is 59.1 Å². The fraction of sp³-hybridized carbons (Fsp3) is 0.478. The summed E-state index contributed by atoms with van der Waals surface area (Å²) in [6.07, 6.45) is 1.08. The Bertz CT molecular complexity index is 674. The van der Waals surface area contributed by atoms with Crippen molar-refractivity contribution in [2.24, 2.45) is 0 Å². The van der Waals surface area contributed by atoms with E-state index in [1.165, 1.54) is 8.08 Å². The summed E-state index contributed by atoms with van der Waals surface area (Å²) >= 11 is -0.289.